The van der Waals surface area contributed by atoms with Gasteiger partial charge in [-0.25, -0.2) is 0 Å². The second-order valence-electron chi connectivity index (χ2n) is 5.46. The van der Waals surface area contributed by atoms with Crippen molar-refractivity contribution in [1.82, 2.24) is 4.98 Å². The number of aromatic amines is 1. The molecule has 0 atom stereocenters. The topological polar surface area (TPSA) is 46.0 Å². The number of benzene rings is 3. The fourth-order valence-corrected chi connectivity index (χ4v) is 3.29. The van der Waals surface area contributed by atoms with Crippen LogP contribution >= 0.6 is 0 Å². The summed E-state index contributed by atoms with van der Waals surface area (Å²) in [6.07, 6.45) is 0. The summed E-state index contributed by atoms with van der Waals surface area (Å²) >= 11 is 0. The Labute approximate surface area is 124 Å². The Morgan fingerprint density at radius 2 is 1.41 bits per heavy atom. The van der Waals surface area contributed by atoms with E-state index in [4.69, 9.17) is 4.42 Å². The Morgan fingerprint density at radius 3 is 2.32 bits per heavy atom. The van der Waals surface area contributed by atoms with E-state index < -0.39 is 0 Å². The van der Waals surface area contributed by atoms with E-state index in [0.29, 0.717) is 0 Å². The lowest BCUT2D eigenvalue weighted by atomic mass is 10.00. The number of hydrogen-bond donors (Lipinski definition) is 1. The Hall–Kier alpha value is -3.07. The first-order chi connectivity index (χ1) is 10.8. The van der Waals surface area contributed by atoms with Gasteiger partial charge in [0.15, 0.2) is 5.43 Å². The first kappa shape index (κ1) is 11.6. The fourth-order valence-electron chi connectivity index (χ4n) is 3.29. The van der Waals surface area contributed by atoms with Crippen LogP contribution in [-0.4, -0.2) is 4.98 Å². The number of para-hydroxylation sites is 1. The van der Waals surface area contributed by atoms with Crippen LogP contribution in [0.1, 0.15) is 0 Å². The van der Waals surface area contributed by atoms with Crippen molar-refractivity contribution in [2.75, 3.05) is 0 Å². The SMILES string of the molecule is O=c1cccc2[nH]c3cccc4oc5ccccc5c(c12)c34. The second kappa shape index (κ2) is 3.98. The van der Waals surface area contributed by atoms with Crippen LogP contribution in [0.2, 0.25) is 0 Å². The molecule has 0 spiro atoms. The maximum Gasteiger partial charge on any atom is 0.188 e. The number of nitrogens with one attached hydrogen (secondary N) is 1. The molecule has 2 aromatic heterocycles. The summed E-state index contributed by atoms with van der Waals surface area (Å²) in [6, 6.07) is 19.1. The van der Waals surface area contributed by atoms with Crippen LogP contribution in [0.15, 0.2) is 69.9 Å². The molecule has 0 aliphatic rings. The molecule has 0 fully saturated rings. The molecule has 3 heteroatoms. The van der Waals surface area contributed by atoms with Gasteiger partial charge in [0.2, 0.25) is 0 Å². The van der Waals surface area contributed by atoms with Gasteiger partial charge in [0.05, 0.1) is 16.4 Å². The van der Waals surface area contributed by atoms with Crippen LogP contribution in [0.3, 0.4) is 0 Å². The van der Waals surface area contributed by atoms with Crippen molar-refractivity contribution in [2.24, 2.45) is 0 Å². The molecule has 0 amide bonds. The van der Waals surface area contributed by atoms with Crippen molar-refractivity contribution in [3.05, 3.63) is 70.9 Å². The van der Waals surface area contributed by atoms with E-state index in [9.17, 15) is 4.79 Å². The molecule has 5 rings (SSSR count). The summed E-state index contributed by atoms with van der Waals surface area (Å²) in [5.74, 6) is 0. The number of hydrogen-bond acceptors (Lipinski definition) is 2. The van der Waals surface area contributed by atoms with E-state index in [1.165, 1.54) is 0 Å². The summed E-state index contributed by atoms with van der Waals surface area (Å²) in [5, 5.41) is 3.62. The van der Waals surface area contributed by atoms with Crippen molar-refractivity contribution >= 4 is 43.7 Å². The summed E-state index contributed by atoms with van der Waals surface area (Å²) in [6.45, 7) is 0. The largest absolute Gasteiger partial charge is 0.456 e. The second-order valence-corrected chi connectivity index (χ2v) is 5.46. The molecule has 2 heterocycles. The summed E-state index contributed by atoms with van der Waals surface area (Å²) in [7, 11) is 0. The third-order valence-electron chi connectivity index (χ3n) is 4.20. The highest BCUT2D eigenvalue weighted by Crippen LogP contribution is 2.35. The zero-order valence-corrected chi connectivity index (χ0v) is 11.6. The molecule has 3 aromatic carbocycles. The Bertz CT molecular complexity index is 1230. The van der Waals surface area contributed by atoms with Crippen LogP contribution in [0, 0.1) is 0 Å². The van der Waals surface area contributed by atoms with Gasteiger partial charge in [-0.1, -0.05) is 30.3 Å². The number of fused-ring (bicyclic) bond motifs is 4. The molecule has 0 aliphatic carbocycles. The Balaban J connectivity index is 2.31. The van der Waals surface area contributed by atoms with Gasteiger partial charge in [0.1, 0.15) is 11.2 Å². The van der Waals surface area contributed by atoms with E-state index in [-0.39, 0.29) is 5.43 Å². The maximum absolute atomic E-state index is 12.5. The van der Waals surface area contributed by atoms with Gasteiger partial charge < -0.3 is 9.40 Å². The molecule has 0 saturated heterocycles. The number of rotatable bonds is 0. The molecule has 0 bridgehead atoms. The van der Waals surface area contributed by atoms with E-state index in [1.807, 2.05) is 48.5 Å². The third-order valence-corrected chi connectivity index (χ3v) is 4.20. The predicted molar refractivity (Wildman–Crippen MR) is 89.4 cm³/mol. The van der Waals surface area contributed by atoms with Crippen LogP contribution < -0.4 is 5.43 Å². The van der Waals surface area contributed by atoms with Crippen molar-refractivity contribution in [2.45, 2.75) is 0 Å². The Kier molecular flexibility index (Phi) is 2.09. The van der Waals surface area contributed by atoms with Gasteiger partial charge in [0.25, 0.3) is 0 Å². The van der Waals surface area contributed by atoms with Gasteiger partial charge >= 0.3 is 0 Å². The Morgan fingerprint density at radius 1 is 0.682 bits per heavy atom. The van der Waals surface area contributed by atoms with Gasteiger partial charge in [-0.3, -0.25) is 4.79 Å². The molecule has 3 nitrogen and oxygen atoms in total. The van der Waals surface area contributed by atoms with Crippen molar-refractivity contribution in [3.8, 4) is 0 Å². The lowest BCUT2D eigenvalue weighted by molar-refractivity contribution is 0.662. The number of pyridine rings is 1. The number of aromatic nitrogens is 1. The molecule has 0 radical (unpaired) electrons. The first-order valence-electron chi connectivity index (χ1n) is 7.18. The molecule has 5 aromatic rings. The normalized spacial score (nSPS) is 11.8. The van der Waals surface area contributed by atoms with Crippen molar-refractivity contribution < 1.29 is 4.42 Å². The lowest BCUT2D eigenvalue weighted by Gasteiger charge is -2.11. The molecular formula is C19H11NO2. The smallest absolute Gasteiger partial charge is 0.188 e. The molecule has 104 valence electrons. The van der Waals surface area contributed by atoms with Gasteiger partial charge in [-0.2, -0.15) is 0 Å². The van der Waals surface area contributed by atoms with Crippen LogP contribution in [0.4, 0.5) is 0 Å². The van der Waals surface area contributed by atoms with Gasteiger partial charge in [-0.15, -0.1) is 0 Å². The number of H-pyrrole nitrogens is 1. The average molecular weight is 285 g/mol. The molecule has 1 N–H and O–H groups in total. The standard InChI is InChI=1S/C19H11NO2/c21-14-8-3-6-12-18(14)17-11-5-1-2-9-15(11)22-16-10-4-7-13(20-12)19(16)17/h1-10,20H. The molecule has 22 heavy (non-hydrogen) atoms. The monoisotopic (exact) mass is 285 g/mol. The quantitative estimate of drug-likeness (QED) is 0.334. The summed E-state index contributed by atoms with van der Waals surface area (Å²) in [5.41, 5.74) is 3.42. The van der Waals surface area contributed by atoms with Crippen LogP contribution in [-0.2, 0) is 0 Å². The molecule has 0 unspecified atom stereocenters. The zero-order chi connectivity index (χ0) is 14.7. The highest BCUT2D eigenvalue weighted by Gasteiger charge is 2.14. The van der Waals surface area contributed by atoms with Crippen LogP contribution in [0.5, 0.6) is 0 Å². The van der Waals surface area contributed by atoms with E-state index in [2.05, 4.69) is 4.98 Å². The van der Waals surface area contributed by atoms with E-state index in [0.717, 1.165) is 43.7 Å². The molecule has 0 saturated carbocycles. The minimum atomic E-state index is 0.0251. The predicted octanol–water partition coefficient (Wildman–Crippen LogP) is 4.58. The summed E-state index contributed by atoms with van der Waals surface area (Å²) < 4.78 is 6.02. The first-order valence-corrected chi connectivity index (χ1v) is 7.18. The lowest BCUT2D eigenvalue weighted by Crippen LogP contribution is -2.01. The highest BCUT2D eigenvalue weighted by atomic mass is 16.3. The van der Waals surface area contributed by atoms with E-state index >= 15 is 0 Å². The molecular weight excluding hydrogens is 274 g/mol. The maximum atomic E-state index is 12.5. The third kappa shape index (κ3) is 1.37. The van der Waals surface area contributed by atoms with E-state index in [1.54, 1.807) is 12.1 Å². The average Bonchev–Trinajstić information content (AvgIpc) is 2.55. The van der Waals surface area contributed by atoms with Crippen LogP contribution in [0.25, 0.3) is 43.7 Å². The minimum absolute atomic E-state index is 0.0251. The van der Waals surface area contributed by atoms with Gasteiger partial charge in [-0.05, 0) is 30.3 Å². The van der Waals surface area contributed by atoms with Crippen molar-refractivity contribution in [1.29, 1.82) is 0 Å². The zero-order valence-electron chi connectivity index (χ0n) is 11.6. The highest BCUT2D eigenvalue weighted by molar-refractivity contribution is 6.25. The minimum Gasteiger partial charge on any atom is -0.456 e. The summed E-state index contributed by atoms with van der Waals surface area (Å²) in [4.78, 5) is 15.8. The molecule has 0 aliphatic heterocycles. The van der Waals surface area contributed by atoms with Gasteiger partial charge in [0, 0.05) is 16.2 Å². The van der Waals surface area contributed by atoms with Crippen molar-refractivity contribution in [3.63, 3.8) is 0 Å². The fraction of sp³-hybridized carbons (Fsp3) is 0.